The van der Waals surface area contributed by atoms with Crippen LogP contribution >= 0.6 is 0 Å². The minimum Gasteiger partial charge on any atom is -0.393 e. The number of hydrogen-bond donors (Lipinski definition) is 2. The van der Waals surface area contributed by atoms with Crippen LogP contribution in [0.15, 0.2) is 11.6 Å². The first kappa shape index (κ1) is 21.9. The van der Waals surface area contributed by atoms with E-state index in [9.17, 15) is 10.2 Å². The number of hydrogen-bond acceptors (Lipinski definition) is 2. The average Bonchev–Trinajstić information content (AvgIpc) is 3.02. The molecule has 7 unspecified atom stereocenters. The molecule has 0 aromatic carbocycles. The standard InChI is InChI=1S/C27H46O2/c1-4-5-6-7-8-21(28)17-20-10-12-24-23-11-9-19-18-22(29)13-15-26(19,2)25(23)14-16-27(20,24)3/h9,20-25,28-29H,4-8,10-18H2,1-3H3/t20?,21-,22?,23?,24?,25?,26?,27?/m0/s1. The summed E-state index contributed by atoms with van der Waals surface area (Å²) in [5.74, 6) is 3.23. The molecule has 2 nitrogen and oxygen atoms in total. The molecule has 0 bridgehead atoms. The molecule has 4 aliphatic carbocycles. The number of aliphatic hydroxyl groups is 2. The van der Waals surface area contributed by atoms with Crippen LogP contribution in [0.1, 0.15) is 111 Å². The van der Waals surface area contributed by atoms with Gasteiger partial charge in [0.2, 0.25) is 0 Å². The van der Waals surface area contributed by atoms with E-state index in [2.05, 4.69) is 26.8 Å². The van der Waals surface area contributed by atoms with E-state index in [0.717, 1.165) is 49.4 Å². The minimum absolute atomic E-state index is 0.0830. The van der Waals surface area contributed by atoms with E-state index in [0.29, 0.717) is 10.8 Å². The van der Waals surface area contributed by atoms with Gasteiger partial charge in [-0.25, -0.2) is 0 Å². The lowest BCUT2D eigenvalue weighted by Gasteiger charge is -2.58. The number of allylic oxidation sites excluding steroid dienone is 1. The summed E-state index contributed by atoms with van der Waals surface area (Å²) in [6.07, 6.45) is 19.3. The first-order valence-electron chi connectivity index (χ1n) is 12.9. The maximum absolute atomic E-state index is 10.7. The van der Waals surface area contributed by atoms with Gasteiger partial charge in [-0.15, -0.1) is 0 Å². The summed E-state index contributed by atoms with van der Waals surface area (Å²) in [6, 6.07) is 0. The van der Waals surface area contributed by atoms with Crippen LogP contribution in [0.3, 0.4) is 0 Å². The average molecular weight is 403 g/mol. The first-order chi connectivity index (χ1) is 13.9. The van der Waals surface area contributed by atoms with Crippen LogP contribution < -0.4 is 0 Å². The van der Waals surface area contributed by atoms with Gasteiger partial charge in [0.05, 0.1) is 12.2 Å². The third kappa shape index (κ3) is 3.98. The van der Waals surface area contributed by atoms with E-state index in [1.54, 1.807) is 5.57 Å². The molecule has 0 heterocycles. The molecule has 4 rings (SSSR count). The highest BCUT2D eigenvalue weighted by Crippen LogP contribution is 2.66. The van der Waals surface area contributed by atoms with Crippen molar-refractivity contribution in [3.8, 4) is 0 Å². The van der Waals surface area contributed by atoms with Crippen LogP contribution in [0.5, 0.6) is 0 Å². The van der Waals surface area contributed by atoms with Gasteiger partial charge in [-0.05, 0) is 98.7 Å². The molecule has 2 N–H and O–H groups in total. The molecule has 3 saturated carbocycles. The van der Waals surface area contributed by atoms with Crippen LogP contribution in [0.2, 0.25) is 0 Å². The number of rotatable bonds is 7. The molecule has 166 valence electrons. The van der Waals surface area contributed by atoms with Gasteiger partial charge in [-0.2, -0.15) is 0 Å². The van der Waals surface area contributed by atoms with Crippen molar-refractivity contribution in [2.24, 2.45) is 34.5 Å². The highest BCUT2D eigenvalue weighted by Gasteiger charge is 2.58. The molecule has 29 heavy (non-hydrogen) atoms. The van der Waals surface area contributed by atoms with Gasteiger partial charge >= 0.3 is 0 Å². The molecule has 0 spiro atoms. The van der Waals surface area contributed by atoms with E-state index in [-0.39, 0.29) is 12.2 Å². The maximum Gasteiger partial charge on any atom is 0.0577 e. The van der Waals surface area contributed by atoms with E-state index >= 15 is 0 Å². The van der Waals surface area contributed by atoms with Crippen LogP contribution in [0.4, 0.5) is 0 Å². The third-order valence-corrected chi connectivity index (χ3v) is 10.2. The number of unbranched alkanes of at least 4 members (excludes halogenated alkanes) is 3. The monoisotopic (exact) mass is 402 g/mol. The van der Waals surface area contributed by atoms with Crippen LogP contribution in [-0.2, 0) is 0 Å². The predicted octanol–water partition coefficient (Wildman–Crippen LogP) is 6.65. The quantitative estimate of drug-likeness (QED) is 0.370. The van der Waals surface area contributed by atoms with Gasteiger partial charge in [0.15, 0.2) is 0 Å². The van der Waals surface area contributed by atoms with Crippen molar-refractivity contribution in [2.45, 2.75) is 123 Å². The molecule has 4 aliphatic rings. The molecule has 8 atom stereocenters. The Hall–Kier alpha value is -0.340. The molecule has 0 radical (unpaired) electrons. The molecule has 0 saturated heterocycles. The summed E-state index contributed by atoms with van der Waals surface area (Å²) >= 11 is 0. The molecule has 0 aromatic rings. The largest absolute Gasteiger partial charge is 0.393 e. The Morgan fingerprint density at radius 2 is 1.86 bits per heavy atom. The minimum atomic E-state index is -0.102. The van der Waals surface area contributed by atoms with Gasteiger partial charge < -0.3 is 10.2 Å². The maximum atomic E-state index is 10.7. The van der Waals surface area contributed by atoms with E-state index in [1.807, 2.05) is 0 Å². The fraction of sp³-hybridized carbons (Fsp3) is 0.926. The number of aliphatic hydroxyl groups excluding tert-OH is 2. The van der Waals surface area contributed by atoms with Crippen molar-refractivity contribution < 1.29 is 10.2 Å². The zero-order valence-corrected chi connectivity index (χ0v) is 19.3. The normalized spacial score (nSPS) is 45.1. The van der Waals surface area contributed by atoms with Gasteiger partial charge in [0.25, 0.3) is 0 Å². The Morgan fingerprint density at radius 3 is 2.66 bits per heavy atom. The summed E-state index contributed by atoms with van der Waals surface area (Å²) < 4.78 is 0. The zero-order valence-electron chi connectivity index (χ0n) is 19.3. The highest BCUT2D eigenvalue weighted by molar-refractivity contribution is 5.25. The molecular weight excluding hydrogens is 356 g/mol. The van der Waals surface area contributed by atoms with Gasteiger partial charge in [-0.3, -0.25) is 0 Å². The Labute approximate surface area is 179 Å². The van der Waals surface area contributed by atoms with Crippen molar-refractivity contribution in [1.82, 2.24) is 0 Å². The molecular formula is C27H46O2. The summed E-state index contributed by atoms with van der Waals surface area (Å²) in [5.41, 5.74) is 2.38. The van der Waals surface area contributed by atoms with E-state index in [4.69, 9.17) is 0 Å². The number of fused-ring (bicyclic) bond motifs is 5. The van der Waals surface area contributed by atoms with Crippen molar-refractivity contribution >= 4 is 0 Å². The highest BCUT2D eigenvalue weighted by atomic mass is 16.3. The van der Waals surface area contributed by atoms with Gasteiger partial charge in [0.1, 0.15) is 0 Å². The smallest absolute Gasteiger partial charge is 0.0577 e. The predicted molar refractivity (Wildman–Crippen MR) is 121 cm³/mol. The van der Waals surface area contributed by atoms with E-state index < -0.39 is 0 Å². The van der Waals surface area contributed by atoms with Crippen molar-refractivity contribution in [1.29, 1.82) is 0 Å². The SMILES string of the molecule is CCCCCC[C@H](O)CC1CCC2C3CC=C4CC(O)CCC4(C)C3CCC12C. The summed E-state index contributed by atoms with van der Waals surface area (Å²) in [6.45, 7) is 7.36. The Kier molecular flexibility index (Phi) is 6.53. The van der Waals surface area contributed by atoms with Crippen LogP contribution in [0, 0.1) is 34.5 Å². The third-order valence-electron chi connectivity index (χ3n) is 10.2. The molecule has 3 fully saturated rings. The summed E-state index contributed by atoms with van der Waals surface area (Å²) in [7, 11) is 0. The fourth-order valence-corrected chi connectivity index (χ4v) is 8.39. The van der Waals surface area contributed by atoms with Crippen LogP contribution in [0.25, 0.3) is 0 Å². The molecule has 0 amide bonds. The van der Waals surface area contributed by atoms with E-state index in [1.165, 1.54) is 64.2 Å². The second-order valence-corrected chi connectivity index (χ2v) is 11.7. The fourth-order valence-electron chi connectivity index (χ4n) is 8.39. The van der Waals surface area contributed by atoms with Crippen molar-refractivity contribution in [2.75, 3.05) is 0 Å². The second kappa shape index (κ2) is 8.65. The van der Waals surface area contributed by atoms with Crippen molar-refractivity contribution in [3.63, 3.8) is 0 Å². The molecule has 0 aromatic heterocycles. The Morgan fingerprint density at radius 1 is 1.03 bits per heavy atom. The lowest BCUT2D eigenvalue weighted by molar-refractivity contribution is -0.0556. The summed E-state index contributed by atoms with van der Waals surface area (Å²) in [5, 5.41) is 20.9. The lowest BCUT2D eigenvalue weighted by Crippen LogP contribution is -2.50. The molecule has 2 heteroatoms. The Bertz CT molecular complexity index is 597. The van der Waals surface area contributed by atoms with Gasteiger partial charge in [-0.1, -0.05) is 58.1 Å². The zero-order chi connectivity index (χ0) is 20.6. The molecule has 0 aliphatic heterocycles. The lowest BCUT2D eigenvalue weighted by atomic mass is 9.47. The second-order valence-electron chi connectivity index (χ2n) is 11.7. The topological polar surface area (TPSA) is 40.5 Å². The first-order valence-corrected chi connectivity index (χ1v) is 12.9. The Balaban J connectivity index is 1.42. The summed E-state index contributed by atoms with van der Waals surface area (Å²) in [4.78, 5) is 0. The van der Waals surface area contributed by atoms with Crippen molar-refractivity contribution in [3.05, 3.63) is 11.6 Å². The van der Waals surface area contributed by atoms with Crippen LogP contribution in [-0.4, -0.2) is 22.4 Å². The van der Waals surface area contributed by atoms with Gasteiger partial charge in [0, 0.05) is 0 Å².